The maximum atomic E-state index is 11.7. The molecule has 0 heterocycles. The molecule has 0 radical (unpaired) electrons. The number of aromatic carboxylic acids is 1. The molecule has 0 bridgehead atoms. The monoisotopic (exact) mass is 265 g/mol. The van der Waals surface area contributed by atoms with Crippen LogP contribution < -0.4 is 5.32 Å². The second-order valence-corrected chi connectivity index (χ2v) is 4.25. The van der Waals surface area contributed by atoms with Gasteiger partial charge >= 0.3 is 5.97 Å². The van der Waals surface area contributed by atoms with Crippen LogP contribution in [0.3, 0.4) is 0 Å². The number of nitrogens with one attached hydrogen (secondary N) is 1. The molecule has 2 N–H and O–H groups in total. The van der Waals surface area contributed by atoms with Crippen LogP contribution in [0.25, 0.3) is 0 Å². The number of rotatable bonds is 7. The molecule has 104 valence electrons. The van der Waals surface area contributed by atoms with Gasteiger partial charge in [-0.15, -0.1) is 0 Å². The molecule has 0 aliphatic carbocycles. The van der Waals surface area contributed by atoms with Crippen LogP contribution in [-0.2, 0) is 9.53 Å². The quantitative estimate of drug-likeness (QED) is 0.742. The number of carboxylic acids is 1. The Morgan fingerprint density at radius 1 is 1.32 bits per heavy atom. The molecule has 0 saturated heterocycles. The zero-order chi connectivity index (χ0) is 14.3. The van der Waals surface area contributed by atoms with Crippen molar-refractivity contribution in [3.8, 4) is 0 Å². The molecule has 1 rings (SSSR count). The lowest BCUT2D eigenvalue weighted by Gasteiger charge is -2.09. The smallest absolute Gasteiger partial charge is 0.335 e. The van der Waals surface area contributed by atoms with E-state index in [1.165, 1.54) is 12.1 Å². The van der Waals surface area contributed by atoms with Gasteiger partial charge in [-0.2, -0.15) is 0 Å². The Balaban J connectivity index is 2.58. The number of carboxylic acid groups (broad SMARTS) is 1. The van der Waals surface area contributed by atoms with Gasteiger partial charge in [-0.25, -0.2) is 4.79 Å². The van der Waals surface area contributed by atoms with Crippen LogP contribution in [0.2, 0.25) is 0 Å². The second kappa shape index (κ2) is 7.53. The molecule has 0 unspecified atom stereocenters. The van der Waals surface area contributed by atoms with E-state index >= 15 is 0 Å². The number of hydrogen-bond donors (Lipinski definition) is 2. The van der Waals surface area contributed by atoms with Gasteiger partial charge in [0, 0.05) is 12.3 Å². The van der Waals surface area contributed by atoms with Gasteiger partial charge in [0.2, 0.25) is 5.91 Å². The summed E-state index contributed by atoms with van der Waals surface area (Å²) in [5.41, 5.74) is 1.51. The standard InChI is InChI=1S/C14H19NO4/c1-3-7-19-8-6-13(16)15-12-9-11(14(17)18)5-4-10(12)2/h4-5,9H,3,6-8H2,1-2H3,(H,15,16)(H,17,18). The minimum absolute atomic E-state index is 0.156. The minimum Gasteiger partial charge on any atom is -0.478 e. The fourth-order valence-corrected chi connectivity index (χ4v) is 1.51. The van der Waals surface area contributed by atoms with E-state index in [-0.39, 0.29) is 17.9 Å². The summed E-state index contributed by atoms with van der Waals surface area (Å²) in [6, 6.07) is 4.65. The van der Waals surface area contributed by atoms with Crippen molar-refractivity contribution in [3.05, 3.63) is 29.3 Å². The summed E-state index contributed by atoms with van der Waals surface area (Å²) in [5, 5.41) is 11.6. The first-order chi connectivity index (χ1) is 9.04. The maximum absolute atomic E-state index is 11.7. The molecule has 0 aromatic heterocycles. The van der Waals surface area contributed by atoms with Crippen molar-refractivity contribution in [2.24, 2.45) is 0 Å². The topological polar surface area (TPSA) is 75.6 Å². The van der Waals surface area contributed by atoms with Crippen molar-refractivity contribution >= 4 is 17.6 Å². The second-order valence-electron chi connectivity index (χ2n) is 4.25. The molecule has 0 fully saturated rings. The molecule has 0 spiro atoms. The van der Waals surface area contributed by atoms with Gasteiger partial charge in [0.25, 0.3) is 0 Å². The van der Waals surface area contributed by atoms with Crippen molar-refractivity contribution in [1.29, 1.82) is 0 Å². The summed E-state index contributed by atoms with van der Waals surface area (Å²) in [7, 11) is 0. The zero-order valence-electron chi connectivity index (χ0n) is 11.2. The predicted octanol–water partition coefficient (Wildman–Crippen LogP) is 2.45. The Kier molecular flexibility index (Phi) is 6.02. The van der Waals surface area contributed by atoms with Crippen molar-refractivity contribution in [3.63, 3.8) is 0 Å². The summed E-state index contributed by atoms with van der Waals surface area (Å²) < 4.78 is 5.23. The van der Waals surface area contributed by atoms with Crippen LogP contribution in [0.1, 0.15) is 35.7 Å². The Bertz CT molecular complexity index is 457. The molecule has 0 atom stereocenters. The summed E-state index contributed by atoms with van der Waals surface area (Å²) >= 11 is 0. The summed E-state index contributed by atoms with van der Waals surface area (Å²) in [6.07, 6.45) is 1.18. The number of carbonyl (C=O) groups is 2. The van der Waals surface area contributed by atoms with E-state index in [2.05, 4.69) is 5.32 Å². The Hall–Kier alpha value is -1.88. The van der Waals surface area contributed by atoms with Crippen molar-refractivity contribution in [2.75, 3.05) is 18.5 Å². The first-order valence-corrected chi connectivity index (χ1v) is 6.26. The predicted molar refractivity (Wildman–Crippen MR) is 72.5 cm³/mol. The molecule has 1 aromatic rings. The van der Waals surface area contributed by atoms with Crippen molar-refractivity contribution < 1.29 is 19.4 Å². The molecule has 0 saturated carbocycles. The van der Waals surface area contributed by atoms with Crippen LogP contribution in [0.5, 0.6) is 0 Å². The van der Waals surface area contributed by atoms with Crippen LogP contribution >= 0.6 is 0 Å². The molecular weight excluding hydrogens is 246 g/mol. The molecule has 1 amide bonds. The highest BCUT2D eigenvalue weighted by atomic mass is 16.5. The lowest BCUT2D eigenvalue weighted by molar-refractivity contribution is -0.117. The van der Waals surface area contributed by atoms with Crippen LogP contribution in [0.15, 0.2) is 18.2 Å². The number of benzene rings is 1. The fraction of sp³-hybridized carbons (Fsp3) is 0.429. The number of aryl methyl sites for hydroxylation is 1. The zero-order valence-corrected chi connectivity index (χ0v) is 11.2. The van der Waals surface area contributed by atoms with E-state index in [0.29, 0.717) is 18.9 Å². The Morgan fingerprint density at radius 2 is 2.05 bits per heavy atom. The summed E-state index contributed by atoms with van der Waals surface area (Å²) in [5.74, 6) is -1.19. The first-order valence-electron chi connectivity index (χ1n) is 6.26. The minimum atomic E-state index is -1.01. The molecule has 0 aliphatic heterocycles. The van der Waals surface area contributed by atoms with E-state index < -0.39 is 5.97 Å². The van der Waals surface area contributed by atoms with E-state index in [1.807, 2.05) is 13.8 Å². The van der Waals surface area contributed by atoms with Gasteiger partial charge in [0.1, 0.15) is 0 Å². The molecule has 1 aromatic carbocycles. The highest BCUT2D eigenvalue weighted by Crippen LogP contribution is 2.17. The third-order valence-corrected chi connectivity index (χ3v) is 2.58. The molecule has 5 nitrogen and oxygen atoms in total. The highest BCUT2D eigenvalue weighted by Gasteiger charge is 2.09. The normalized spacial score (nSPS) is 10.2. The van der Waals surface area contributed by atoms with E-state index in [1.54, 1.807) is 6.07 Å². The van der Waals surface area contributed by atoms with E-state index in [0.717, 1.165) is 12.0 Å². The van der Waals surface area contributed by atoms with Gasteiger partial charge < -0.3 is 15.2 Å². The van der Waals surface area contributed by atoms with Crippen LogP contribution in [0, 0.1) is 6.92 Å². The SMILES string of the molecule is CCCOCCC(=O)Nc1cc(C(=O)O)ccc1C. The van der Waals surface area contributed by atoms with E-state index in [4.69, 9.17) is 9.84 Å². The van der Waals surface area contributed by atoms with Gasteiger partial charge in [0.05, 0.1) is 18.6 Å². The summed E-state index contributed by atoms with van der Waals surface area (Å²) in [6.45, 7) is 4.83. The third-order valence-electron chi connectivity index (χ3n) is 2.58. The fourth-order valence-electron chi connectivity index (χ4n) is 1.51. The Labute approximate surface area is 112 Å². The lowest BCUT2D eigenvalue weighted by Crippen LogP contribution is -2.15. The first kappa shape index (κ1) is 15.2. The maximum Gasteiger partial charge on any atom is 0.335 e. The molecule has 0 aliphatic rings. The number of carbonyl (C=O) groups excluding carboxylic acids is 1. The summed E-state index contributed by atoms with van der Waals surface area (Å²) in [4.78, 5) is 22.5. The molecular formula is C14H19NO4. The lowest BCUT2D eigenvalue weighted by atomic mass is 10.1. The van der Waals surface area contributed by atoms with Crippen molar-refractivity contribution in [1.82, 2.24) is 0 Å². The van der Waals surface area contributed by atoms with Crippen LogP contribution in [0.4, 0.5) is 5.69 Å². The van der Waals surface area contributed by atoms with Crippen molar-refractivity contribution in [2.45, 2.75) is 26.7 Å². The average molecular weight is 265 g/mol. The van der Waals surface area contributed by atoms with Gasteiger partial charge in [-0.1, -0.05) is 13.0 Å². The van der Waals surface area contributed by atoms with Crippen LogP contribution in [-0.4, -0.2) is 30.2 Å². The molecule has 19 heavy (non-hydrogen) atoms. The highest BCUT2D eigenvalue weighted by molar-refractivity contribution is 5.94. The number of amides is 1. The average Bonchev–Trinajstić information content (AvgIpc) is 2.37. The van der Waals surface area contributed by atoms with Gasteiger partial charge in [0.15, 0.2) is 0 Å². The largest absolute Gasteiger partial charge is 0.478 e. The number of hydrogen-bond acceptors (Lipinski definition) is 3. The molecule has 5 heteroatoms. The van der Waals surface area contributed by atoms with Gasteiger partial charge in [-0.3, -0.25) is 4.79 Å². The third kappa shape index (κ3) is 5.09. The Morgan fingerprint density at radius 3 is 2.68 bits per heavy atom. The number of ether oxygens (including phenoxy) is 1. The number of anilines is 1. The van der Waals surface area contributed by atoms with E-state index in [9.17, 15) is 9.59 Å². The van der Waals surface area contributed by atoms with Gasteiger partial charge in [-0.05, 0) is 31.0 Å².